The van der Waals surface area contributed by atoms with Crippen LogP contribution in [0.25, 0.3) is 10.1 Å². The number of fused-ring (bicyclic) bond motifs is 1. The SMILES string of the molecule is Oc1cc2c(C(F)F)csc2cc1F. The molecule has 2 aromatic rings. The van der Waals surface area contributed by atoms with Gasteiger partial charge >= 0.3 is 0 Å². The van der Waals surface area contributed by atoms with Crippen LogP contribution in [0.15, 0.2) is 17.5 Å². The van der Waals surface area contributed by atoms with E-state index in [9.17, 15) is 13.2 Å². The maximum atomic E-state index is 12.8. The molecule has 1 aromatic heterocycles. The van der Waals surface area contributed by atoms with Gasteiger partial charge in [0.1, 0.15) is 0 Å². The van der Waals surface area contributed by atoms with Crippen LogP contribution < -0.4 is 0 Å². The second kappa shape index (κ2) is 3.16. The van der Waals surface area contributed by atoms with Crippen LogP contribution in [0.5, 0.6) is 5.75 Å². The van der Waals surface area contributed by atoms with Crippen molar-refractivity contribution in [3.05, 3.63) is 28.9 Å². The topological polar surface area (TPSA) is 20.2 Å². The molecule has 0 amide bonds. The zero-order valence-electron chi connectivity index (χ0n) is 6.80. The zero-order valence-corrected chi connectivity index (χ0v) is 7.62. The van der Waals surface area contributed by atoms with Gasteiger partial charge in [-0.2, -0.15) is 0 Å². The Morgan fingerprint density at radius 2 is 2.00 bits per heavy atom. The van der Waals surface area contributed by atoms with Gasteiger partial charge < -0.3 is 5.11 Å². The highest BCUT2D eigenvalue weighted by atomic mass is 32.1. The Kier molecular flexibility index (Phi) is 2.11. The second-order valence-electron chi connectivity index (χ2n) is 2.79. The Morgan fingerprint density at radius 3 is 2.64 bits per heavy atom. The van der Waals surface area contributed by atoms with Crippen LogP contribution in [0.4, 0.5) is 13.2 Å². The predicted molar refractivity (Wildman–Crippen MR) is 48.4 cm³/mol. The lowest BCUT2D eigenvalue weighted by molar-refractivity contribution is 0.153. The number of hydrogen-bond donors (Lipinski definition) is 1. The number of rotatable bonds is 1. The number of hydrogen-bond acceptors (Lipinski definition) is 2. The van der Waals surface area contributed by atoms with Gasteiger partial charge in [-0.25, -0.2) is 13.2 Å². The van der Waals surface area contributed by atoms with Crippen LogP contribution in [0.1, 0.15) is 12.0 Å². The number of halogens is 3. The van der Waals surface area contributed by atoms with E-state index >= 15 is 0 Å². The molecule has 2 rings (SSSR count). The molecule has 0 unspecified atom stereocenters. The molecule has 5 heteroatoms. The Morgan fingerprint density at radius 1 is 1.29 bits per heavy atom. The van der Waals surface area contributed by atoms with E-state index < -0.39 is 18.0 Å². The molecule has 0 saturated carbocycles. The highest BCUT2D eigenvalue weighted by Crippen LogP contribution is 2.35. The molecule has 1 aromatic carbocycles. The van der Waals surface area contributed by atoms with Crippen molar-refractivity contribution in [2.24, 2.45) is 0 Å². The molecule has 0 radical (unpaired) electrons. The van der Waals surface area contributed by atoms with E-state index in [1.54, 1.807) is 0 Å². The van der Waals surface area contributed by atoms with E-state index in [0.717, 1.165) is 23.5 Å². The molecule has 0 aliphatic heterocycles. The minimum Gasteiger partial charge on any atom is -0.505 e. The van der Waals surface area contributed by atoms with Crippen LogP contribution >= 0.6 is 11.3 Å². The number of phenols is 1. The van der Waals surface area contributed by atoms with Gasteiger partial charge in [0.05, 0.1) is 0 Å². The third-order valence-electron chi connectivity index (χ3n) is 1.91. The third-order valence-corrected chi connectivity index (χ3v) is 2.87. The molecule has 0 saturated heterocycles. The van der Waals surface area contributed by atoms with Gasteiger partial charge in [-0.3, -0.25) is 0 Å². The number of alkyl halides is 2. The highest BCUT2D eigenvalue weighted by molar-refractivity contribution is 7.17. The van der Waals surface area contributed by atoms with Gasteiger partial charge in [0, 0.05) is 21.0 Å². The Labute approximate surface area is 81.4 Å². The van der Waals surface area contributed by atoms with Gasteiger partial charge in [-0.05, 0) is 12.1 Å². The summed E-state index contributed by atoms with van der Waals surface area (Å²) in [6.07, 6.45) is -2.60. The summed E-state index contributed by atoms with van der Waals surface area (Å²) < 4.78 is 38.0. The van der Waals surface area contributed by atoms with Crippen molar-refractivity contribution in [3.63, 3.8) is 0 Å². The van der Waals surface area contributed by atoms with Crippen molar-refractivity contribution >= 4 is 21.4 Å². The lowest BCUT2D eigenvalue weighted by Gasteiger charge is -1.98. The van der Waals surface area contributed by atoms with E-state index in [-0.39, 0.29) is 10.9 Å². The van der Waals surface area contributed by atoms with Crippen LogP contribution in [0.3, 0.4) is 0 Å². The predicted octanol–water partition coefficient (Wildman–Crippen LogP) is 3.68. The van der Waals surface area contributed by atoms with Gasteiger partial charge in [0.25, 0.3) is 6.43 Å². The standard InChI is InChI=1S/C9H5F3OS/c10-6-2-8-4(1-7(6)13)5(3-14-8)9(11)12/h1-3,9,13H. The fraction of sp³-hybridized carbons (Fsp3) is 0.111. The first-order valence-electron chi connectivity index (χ1n) is 3.77. The molecule has 0 fully saturated rings. The van der Waals surface area contributed by atoms with Crippen molar-refractivity contribution in [1.29, 1.82) is 0 Å². The first kappa shape index (κ1) is 9.33. The molecule has 1 nitrogen and oxygen atoms in total. The Balaban J connectivity index is 2.74. The first-order chi connectivity index (χ1) is 6.59. The summed E-state index contributed by atoms with van der Waals surface area (Å²) in [5.41, 5.74) is -0.166. The normalized spacial score (nSPS) is 11.4. The smallest absolute Gasteiger partial charge is 0.265 e. The Hall–Kier alpha value is -1.23. The first-order valence-corrected chi connectivity index (χ1v) is 4.65. The zero-order chi connectivity index (χ0) is 10.3. The summed E-state index contributed by atoms with van der Waals surface area (Å²) in [5.74, 6) is -1.39. The summed E-state index contributed by atoms with van der Waals surface area (Å²) in [5, 5.41) is 10.5. The van der Waals surface area contributed by atoms with Crippen LogP contribution in [0.2, 0.25) is 0 Å². The maximum Gasteiger partial charge on any atom is 0.265 e. The minimum absolute atomic E-state index is 0.166. The summed E-state index contributed by atoms with van der Waals surface area (Å²) in [4.78, 5) is 0. The molecule has 74 valence electrons. The van der Waals surface area contributed by atoms with E-state index in [1.165, 1.54) is 5.38 Å². The van der Waals surface area contributed by atoms with Gasteiger partial charge in [0.2, 0.25) is 0 Å². The number of phenolic OH excluding ortho intramolecular Hbond substituents is 1. The van der Waals surface area contributed by atoms with Crippen LogP contribution in [-0.4, -0.2) is 5.11 Å². The second-order valence-corrected chi connectivity index (χ2v) is 3.70. The molecule has 0 spiro atoms. The van der Waals surface area contributed by atoms with Gasteiger partial charge in [0.15, 0.2) is 11.6 Å². The molecule has 0 aliphatic rings. The van der Waals surface area contributed by atoms with E-state index in [4.69, 9.17) is 5.11 Å². The molecular formula is C9H5F3OS. The molecular weight excluding hydrogens is 213 g/mol. The van der Waals surface area contributed by atoms with Gasteiger partial charge in [-0.1, -0.05) is 0 Å². The monoisotopic (exact) mass is 218 g/mol. The summed E-state index contributed by atoms with van der Waals surface area (Å²) >= 11 is 1.03. The summed E-state index contributed by atoms with van der Waals surface area (Å²) in [6.45, 7) is 0. The fourth-order valence-electron chi connectivity index (χ4n) is 1.23. The van der Waals surface area contributed by atoms with Crippen molar-refractivity contribution in [2.75, 3.05) is 0 Å². The van der Waals surface area contributed by atoms with Crippen molar-refractivity contribution < 1.29 is 18.3 Å². The number of aromatic hydroxyl groups is 1. The van der Waals surface area contributed by atoms with Crippen molar-refractivity contribution in [3.8, 4) is 5.75 Å². The molecule has 1 heterocycles. The lowest BCUT2D eigenvalue weighted by Crippen LogP contribution is -1.81. The largest absolute Gasteiger partial charge is 0.505 e. The van der Waals surface area contributed by atoms with Crippen molar-refractivity contribution in [1.82, 2.24) is 0 Å². The number of benzene rings is 1. The average molecular weight is 218 g/mol. The number of thiophene rings is 1. The lowest BCUT2D eigenvalue weighted by atomic mass is 10.2. The molecule has 14 heavy (non-hydrogen) atoms. The molecule has 1 N–H and O–H groups in total. The fourth-order valence-corrected chi connectivity index (χ4v) is 2.19. The molecule has 0 bridgehead atoms. The van der Waals surface area contributed by atoms with Gasteiger partial charge in [-0.15, -0.1) is 11.3 Å². The minimum atomic E-state index is -2.60. The summed E-state index contributed by atoms with van der Waals surface area (Å²) in [6, 6.07) is 2.09. The van der Waals surface area contributed by atoms with Crippen LogP contribution in [-0.2, 0) is 0 Å². The molecule has 0 aliphatic carbocycles. The maximum absolute atomic E-state index is 12.8. The van der Waals surface area contributed by atoms with E-state index in [2.05, 4.69) is 0 Å². The third kappa shape index (κ3) is 1.33. The molecule has 0 atom stereocenters. The van der Waals surface area contributed by atoms with Crippen molar-refractivity contribution in [2.45, 2.75) is 6.43 Å². The average Bonchev–Trinajstić information content (AvgIpc) is 2.48. The summed E-state index contributed by atoms with van der Waals surface area (Å²) in [7, 11) is 0. The highest BCUT2D eigenvalue weighted by Gasteiger charge is 2.15. The quantitative estimate of drug-likeness (QED) is 0.774. The Bertz CT molecular complexity index is 478. The van der Waals surface area contributed by atoms with Crippen LogP contribution in [0, 0.1) is 5.82 Å². The van der Waals surface area contributed by atoms with E-state index in [1.807, 2.05) is 0 Å². The van der Waals surface area contributed by atoms with E-state index in [0.29, 0.717) is 4.70 Å².